The van der Waals surface area contributed by atoms with E-state index in [0.29, 0.717) is 18.0 Å². The SMILES string of the molecule is CC(c1ccc(S(C)(=O)=O)cc1)C(CN)CN. The predicted molar refractivity (Wildman–Crippen MR) is 69.6 cm³/mol. The molecule has 0 radical (unpaired) electrons. The second-order valence-corrected chi connectivity index (χ2v) is 6.38. The Bertz CT molecular complexity index is 450. The summed E-state index contributed by atoms with van der Waals surface area (Å²) in [4.78, 5) is 0.338. The molecule has 0 fully saturated rings. The quantitative estimate of drug-likeness (QED) is 0.813. The fourth-order valence-electron chi connectivity index (χ4n) is 1.80. The molecule has 0 aliphatic rings. The number of rotatable bonds is 5. The van der Waals surface area contributed by atoms with Gasteiger partial charge in [-0.15, -0.1) is 0 Å². The molecule has 4 nitrogen and oxygen atoms in total. The minimum absolute atomic E-state index is 0.221. The van der Waals surface area contributed by atoms with Gasteiger partial charge in [0.05, 0.1) is 4.90 Å². The van der Waals surface area contributed by atoms with Crippen LogP contribution in [0.2, 0.25) is 0 Å². The molecule has 0 saturated carbocycles. The lowest BCUT2D eigenvalue weighted by Gasteiger charge is -2.21. The van der Waals surface area contributed by atoms with Gasteiger partial charge in [-0.25, -0.2) is 8.42 Å². The molecule has 1 rings (SSSR count). The third kappa shape index (κ3) is 3.52. The predicted octanol–water partition coefficient (Wildman–Crippen LogP) is 0.727. The Morgan fingerprint density at radius 1 is 1.12 bits per heavy atom. The summed E-state index contributed by atoms with van der Waals surface area (Å²) in [6, 6.07) is 6.93. The van der Waals surface area contributed by atoms with E-state index < -0.39 is 9.84 Å². The van der Waals surface area contributed by atoms with E-state index in [9.17, 15) is 8.42 Å². The van der Waals surface area contributed by atoms with Gasteiger partial charge in [-0.1, -0.05) is 19.1 Å². The Balaban J connectivity index is 2.95. The molecule has 0 amide bonds. The van der Waals surface area contributed by atoms with E-state index in [1.165, 1.54) is 6.26 Å². The highest BCUT2D eigenvalue weighted by atomic mass is 32.2. The number of benzene rings is 1. The van der Waals surface area contributed by atoms with Crippen molar-refractivity contribution >= 4 is 9.84 Å². The lowest BCUT2D eigenvalue weighted by atomic mass is 9.88. The van der Waals surface area contributed by atoms with Crippen LogP contribution in [0.1, 0.15) is 18.4 Å². The van der Waals surface area contributed by atoms with Crippen molar-refractivity contribution in [2.45, 2.75) is 17.7 Å². The van der Waals surface area contributed by atoms with Crippen LogP contribution in [-0.2, 0) is 9.84 Å². The van der Waals surface area contributed by atoms with Crippen LogP contribution in [0.5, 0.6) is 0 Å². The summed E-state index contributed by atoms with van der Waals surface area (Å²) in [6.45, 7) is 3.12. The van der Waals surface area contributed by atoms with E-state index in [4.69, 9.17) is 11.5 Å². The number of nitrogens with two attached hydrogens (primary N) is 2. The molecular weight excluding hydrogens is 236 g/mol. The van der Waals surface area contributed by atoms with E-state index in [2.05, 4.69) is 6.92 Å². The first kappa shape index (κ1) is 14.2. The summed E-state index contributed by atoms with van der Waals surface area (Å²) in [5.41, 5.74) is 12.4. The zero-order valence-electron chi connectivity index (χ0n) is 10.3. The molecule has 4 N–H and O–H groups in total. The Hall–Kier alpha value is -0.910. The highest BCUT2D eigenvalue weighted by Crippen LogP contribution is 2.24. The van der Waals surface area contributed by atoms with Gasteiger partial charge < -0.3 is 11.5 Å². The van der Waals surface area contributed by atoms with Crippen LogP contribution >= 0.6 is 0 Å². The molecule has 0 aromatic heterocycles. The molecule has 1 atom stereocenters. The average molecular weight is 256 g/mol. The van der Waals surface area contributed by atoms with Crippen molar-refractivity contribution in [2.24, 2.45) is 17.4 Å². The number of hydrogen-bond acceptors (Lipinski definition) is 4. The van der Waals surface area contributed by atoms with Gasteiger partial charge in [-0.05, 0) is 42.6 Å². The van der Waals surface area contributed by atoms with Crippen molar-refractivity contribution in [1.82, 2.24) is 0 Å². The smallest absolute Gasteiger partial charge is 0.175 e. The Morgan fingerprint density at radius 2 is 1.59 bits per heavy atom. The molecule has 5 heteroatoms. The van der Waals surface area contributed by atoms with E-state index in [0.717, 1.165) is 5.56 Å². The highest BCUT2D eigenvalue weighted by Gasteiger charge is 2.16. The van der Waals surface area contributed by atoms with Gasteiger partial charge in [0.25, 0.3) is 0 Å². The maximum absolute atomic E-state index is 11.3. The summed E-state index contributed by atoms with van der Waals surface area (Å²) in [5.74, 6) is 0.456. The summed E-state index contributed by atoms with van der Waals surface area (Å²) in [7, 11) is -3.13. The van der Waals surface area contributed by atoms with Gasteiger partial charge >= 0.3 is 0 Å². The monoisotopic (exact) mass is 256 g/mol. The van der Waals surface area contributed by atoms with Gasteiger partial charge in [0.1, 0.15) is 0 Å². The summed E-state index contributed by atoms with van der Waals surface area (Å²) in [6.07, 6.45) is 1.20. The topological polar surface area (TPSA) is 86.2 Å². The molecule has 0 saturated heterocycles. The van der Waals surface area contributed by atoms with Crippen LogP contribution in [0, 0.1) is 5.92 Å². The van der Waals surface area contributed by atoms with Crippen LogP contribution in [0.3, 0.4) is 0 Å². The maximum atomic E-state index is 11.3. The van der Waals surface area contributed by atoms with Gasteiger partial charge in [0.15, 0.2) is 9.84 Å². The molecule has 1 unspecified atom stereocenters. The van der Waals surface area contributed by atoms with Crippen molar-refractivity contribution in [3.05, 3.63) is 29.8 Å². The molecule has 96 valence electrons. The van der Waals surface area contributed by atoms with Gasteiger partial charge in [0, 0.05) is 6.26 Å². The van der Waals surface area contributed by atoms with Crippen LogP contribution in [-0.4, -0.2) is 27.8 Å². The molecule has 0 aliphatic carbocycles. The van der Waals surface area contributed by atoms with Gasteiger partial charge in [-0.3, -0.25) is 0 Å². The first-order chi connectivity index (χ1) is 7.90. The van der Waals surface area contributed by atoms with Crippen molar-refractivity contribution in [3.8, 4) is 0 Å². The zero-order valence-corrected chi connectivity index (χ0v) is 11.1. The van der Waals surface area contributed by atoms with Gasteiger partial charge in [0.2, 0.25) is 0 Å². The third-order valence-corrected chi connectivity index (χ3v) is 4.28. The minimum atomic E-state index is -3.13. The molecule has 0 bridgehead atoms. The second kappa shape index (κ2) is 5.62. The van der Waals surface area contributed by atoms with Crippen molar-refractivity contribution < 1.29 is 8.42 Å². The fourth-order valence-corrected chi connectivity index (χ4v) is 2.43. The maximum Gasteiger partial charge on any atom is 0.175 e. The molecular formula is C12H20N2O2S. The Labute approximate surface area is 103 Å². The van der Waals surface area contributed by atoms with E-state index in [-0.39, 0.29) is 11.8 Å². The van der Waals surface area contributed by atoms with Crippen molar-refractivity contribution in [1.29, 1.82) is 0 Å². The molecule has 1 aromatic rings. The first-order valence-corrected chi connectivity index (χ1v) is 7.49. The first-order valence-electron chi connectivity index (χ1n) is 5.60. The highest BCUT2D eigenvalue weighted by molar-refractivity contribution is 7.90. The zero-order chi connectivity index (χ0) is 13.1. The summed E-state index contributed by atoms with van der Waals surface area (Å²) in [5, 5.41) is 0. The van der Waals surface area contributed by atoms with Crippen molar-refractivity contribution in [3.63, 3.8) is 0 Å². The van der Waals surface area contributed by atoms with Gasteiger partial charge in [-0.2, -0.15) is 0 Å². The van der Waals surface area contributed by atoms with Crippen LogP contribution in [0.4, 0.5) is 0 Å². The molecule has 1 aromatic carbocycles. The summed E-state index contributed by atoms with van der Waals surface area (Å²) < 4.78 is 22.6. The standard InChI is InChI=1S/C12H20N2O2S/c1-9(11(7-13)8-14)10-3-5-12(6-4-10)17(2,15)16/h3-6,9,11H,7-8,13-14H2,1-2H3. The molecule has 0 heterocycles. The Morgan fingerprint density at radius 3 is 1.94 bits per heavy atom. The lowest BCUT2D eigenvalue weighted by molar-refractivity contribution is 0.466. The van der Waals surface area contributed by atoms with Crippen molar-refractivity contribution in [2.75, 3.05) is 19.3 Å². The molecule has 0 spiro atoms. The van der Waals surface area contributed by atoms with E-state index in [1.807, 2.05) is 12.1 Å². The fraction of sp³-hybridized carbons (Fsp3) is 0.500. The molecule has 17 heavy (non-hydrogen) atoms. The van der Waals surface area contributed by atoms with Crippen LogP contribution in [0.25, 0.3) is 0 Å². The minimum Gasteiger partial charge on any atom is -0.330 e. The van der Waals surface area contributed by atoms with Crippen LogP contribution < -0.4 is 11.5 Å². The number of hydrogen-bond donors (Lipinski definition) is 2. The van der Waals surface area contributed by atoms with Crippen LogP contribution in [0.15, 0.2) is 29.2 Å². The normalized spacial score (nSPS) is 13.9. The number of sulfone groups is 1. The molecule has 0 aliphatic heterocycles. The lowest BCUT2D eigenvalue weighted by Crippen LogP contribution is -2.27. The second-order valence-electron chi connectivity index (χ2n) is 4.36. The largest absolute Gasteiger partial charge is 0.330 e. The van der Waals surface area contributed by atoms with E-state index in [1.54, 1.807) is 12.1 Å². The summed E-state index contributed by atoms with van der Waals surface area (Å²) >= 11 is 0. The van der Waals surface area contributed by atoms with E-state index >= 15 is 0 Å². The third-order valence-electron chi connectivity index (χ3n) is 3.15. The average Bonchev–Trinajstić information content (AvgIpc) is 2.29. The Kier molecular flexibility index (Phi) is 4.68.